The van der Waals surface area contributed by atoms with E-state index >= 15 is 0 Å². The van der Waals surface area contributed by atoms with E-state index in [1.54, 1.807) is 0 Å². The second-order valence-corrected chi connectivity index (χ2v) is 5.81. The van der Waals surface area contributed by atoms with Crippen molar-refractivity contribution in [3.8, 4) is 0 Å². The predicted octanol–water partition coefficient (Wildman–Crippen LogP) is -14.5. The Morgan fingerprint density at radius 2 is 1.17 bits per heavy atom. The third kappa shape index (κ3) is 31.4. The SMILES string of the molecule is Cc1ccccc1.O=[P+]([O-])OP(=O)([O-])O[P+](=O)[O-].[Na+].[Na+].[Na+].[Na+].[Na+]. The molecule has 8 nitrogen and oxygen atoms in total. The molecule has 0 aliphatic carbocycles. The van der Waals surface area contributed by atoms with Crippen LogP contribution in [-0.4, -0.2) is 0 Å². The Kier molecular flexibility index (Phi) is 44.4. The van der Waals surface area contributed by atoms with Gasteiger partial charge in [-0.2, -0.15) is 0 Å². The summed E-state index contributed by atoms with van der Waals surface area (Å²) in [6, 6.07) is 10.3. The van der Waals surface area contributed by atoms with Gasteiger partial charge in [0.1, 0.15) is 0 Å². The predicted molar refractivity (Wildman–Crippen MR) is 56.2 cm³/mol. The molecule has 0 aliphatic rings. The maximum atomic E-state index is 10.1. The minimum absolute atomic E-state index is 0. The summed E-state index contributed by atoms with van der Waals surface area (Å²) in [6.07, 6.45) is 0. The quantitative estimate of drug-likeness (QED) is 0.341. The molecule has 0 aromatic heterocycles. The molecule has 23 heavy (non-hydrogen) atoms. The Hall–Kier alpha value is 4.45. The summed E-state index contributed by atoms with van der Waals surface area (Å²) in [5.74, 6) is 0. The van der Waals surface area contributed by atoms with Crippen LogP contribution in [0.2, 0.25) is 0 Å². The van der Waals surface area contributed by atoms with Gasteiger partial charge >= 0.3 is 172 Å². The summed E-state index contributed by atoms with van der Waals surface area (Å²) in [5.41, 5.74) is 1.32. The Balaban J connectivity index is -0.0000000540. The van der Waals surface area contributed by atoms with E-state index in [2.05, 4.69) is 27.7 Å². The van der Waals surface area contributed by atoms with Crippen molar-refractivity contribution in [2.45, 2.75) is 6.92 Å². The van der Waals surface area contributed by atoms with Crippen LogP contribution in [0.15, 0.2) is 30.3 Å². The van der Waals surface area contributed by atoms with Crippen molar-refractivity contribution in [1.82, 2.24) is 0 Å². The van der Waals surface area contributed by atoms with Crippen molar-refractivity contribution in [1.29, 1.82) is 0 Å². The summed E-state index contributed by atoms with van der Waals surface area (Å²) in [6.45, 7) is 2.08. The molecule has 0 radical (unpaired) electrons. The van der Waals surface area contributed by atoms with Crippen molar-refractivity contribution in [3.63, 3.8) is 0 Å². The van der Waals surface area contributed by atoms with E-state index in [-0.39, 0.29) is 148 Å². The molecule has 1 aromatic rings. The molecule has 16 heteroatoms. The van der Waals surface area contributed by atoms with Crippen LogP contribution in [0.4, 0.5) is 0 Å². The Morgan fingerprint density at radius 3 is 1.35 bits per heavy atom. The van der Waals surface area contributed by atoms with Gasteiger partial charge in [-0.25, -0.2) is 0 Å². The molecule has 0 spiro atoms. The zero-order chi connectivity index (χ0) is 14.2. The molecule has 2 atom stereocenters. The van der Waals surface area contributed by atoms with Crippen LogP contribution in [0.1, 0.15) is 5.56 Å². The smallest absolute Gasteiger partial charge is 0.750 e. The Labute approximate surface area is 247 Å². The maximum Gasteiger partial charge on any atom is 1.00 e. The van der Waals surface area contributed by atoms with Crippen LogP contribution >= 0.6 is 24.3 Å². The number of benzene rings is 1. The first-order valence-electron chi connectivity index (χ1n) is 4.24. The number of hydrogen-bond donors (Lipinski definition) is 0. The van der Waals surface area contributed by atoms with Gasteiger partial charge in [-0.05, 0) is 16.1 Å². The summed E-state index contributed by atoms with van der Waals surface area (Å²) < 4.78 is 35.4. The molecular formula is C7H8Na5O8P3+4. The molecule has 0 amide bonds. The Morgan fingerprint density at radius 1 is 0.870 bits per heavy atom. The first-order chi connectivity index (χ1) is 8.23. The van der Waals surface area contributed by atoms with Crippen molar-refractivity contribution in [3.05, 3.63) is 35.9 Å². The molecular weight excluding hydrogens is 420 g/mol. The van der Waals surface area contributed by atoms with Gasteiger partial charge in [-0.3, -0.25) is 4.57 Å². The fourth-order valence-electron chi connectivity index (χ4n) is 0.713. The van der Waals surface area contributed by atoms with Crippen LogP contribution in [-0.2, 0) is 22.3 Å². The van der Waals surface area contributed by atoms with Crippen LogP contribution < -0.4 is 162 Å². The monoisotopic (exact) mass is 428 g/mol. The van der Waals surface area contributed by atoms with Crippen molar-refractivity contribution in [2.75, 3.05) is 0 Å². The fraction of sp³-hybridized carbons (Fsp3) is 0.143. The summed E-state index contributed by atoms with van der Waals surface area (Å²) >= 11 is 0. The van der Waals surface area contributed by atoms with Gasteiger partial charge in [0.15, 0.2) is 0 Å². The molecule has 1 rings (SSSR count). The summed E-state index contributed by atoms with van der Waals surface area (Å²) in [7, 11) is -12.6. The van der Waals surface area contributed by atoms with Crippen molar-refractivity contribution < 1.29 is 185 Å². The first kappa shape index (κ1) is 41.7. The second kappa shape index (κ2) is 24.5. The number of phosphoric acid groups is 1. The van der Waals surface area contributed by atoms with Crippen LogP contribution in [0.25, 0.3) is 0 Å². The summed E-state index contributed by atoms with van der Waals surface area (Å²) in [4.78, 5) is 29.2. The fourth-order valence-corrected chi connectivity index (χ4v) is 2.41. The second-order valence-electron chi connectivity index (χ2n) is 2.71. The Bertz CT molecular complexity index is 445. The molecule has 0 saturated carbocycles. The minimum Gasteiger partial charge on any atom is -0.750 e. The molecule has 0 N–H and O–H groups in total. The van der Waals surface area contributed by atoms with Gasteiger partial charge < -0.3 is 14.7 Å². The van der Waals surface area contributed by atoms with E-state index in [0.717, 1.165) is 0 Å². The van der Waals surface area contributed by atoms with Crippen LogP contribution in [0.3, 0.4) is 0 Å². The van der Waals surface area contributed by atoms with Gasteiger partial charge in [0.05, 0.1) is 0 Å². The zero-order valence-corrected chi connectivity index (χ0v) is 26.7. The van der Waals surface area contributed by atoms with E-state index in [9.17, 15) is 28.4 Å². The maximum absolute atomic E-state index is 10.1. The molecule has 0 fully saturated rings. The van der Waals surface area contributed by atoms with E-state index in [4.69, 9.17) is 0 Å². The summed E-state index contributed by atoms with van der Waals surface area (Å²) in [5, 5.41) is 0. The number of rotatable bonds is 4. The third-order valence-corrected chi connectivity index (χ3v) is 3.94. The van der Waals surface area contributed by atoms with Gasteiger partial charge in [0, 0.05) is 0 Å². The van der Waals surface area contributed by atoms with E-state index in [1.165, 1.54) is 5.56 Å². The standard InChI is InChI=1S/C7H8.5Na.HO8P3/c1-7-5-3-2-4-6-7;;;;;;1-9(2)7-11(5,6)8-10(3)4/h2-6H,1H3;;;;;;(H,5,6)/q;5*+1;/p-1. The molecule has 2 unspecified atom stereocenters. The molecule has 0 heterocycles. The normalized spacial score (nSPS) is 11.7. The van der Waals surface area contributed by atoms with Gasteiger partial charge in [0.2, 0.25) is 0 Å². The van der Waals surface area contributed by atoms with Gasteiger partial charge in [-0.15, -0.1) is 0 Å². The first-order valence-corrected chi connectivity index (χ1v) is 7.89. The molecule has 1 aromatic carbocycles. The molecule has 100 valence electrons. The zero-order valence-electron chi connectivity index (χ0n) is 14.0. The molecule has 0 aliphatic heterocycles. The number of aryl methyl sites for hydroxylation is 1. The van der Waals surface area contributed by atoms with Gasteiger partial charge in [0.25, 0.3) is 0 Å². The van der Waals surface area contributed by atoms with Crippen molar-refractivity contribution in [2.24, 2.45) is 0 Å². The largest absolute Gasteiger partial charge is 1.00 e. The average molecular weight is 428 g/mol. The average Bonchev–Trinajstić information content (AvgIpc) is 2.14. The van der Waals surface area contributed by atoms with Crippen LogP contribution in [0.5, 0.6) is 0 Å². The minimum atomic E-state index is -5.25. The van der Waals surface area contributed by atoms with E-state index in [0.29, 0.717) is 0 Å². The van der Waals surface area contributed by atoms with E-state index < -0.39 is 24.3 Å². The number of hydrogen-bond acceptors (Lipinski definition) is 8. The molecule has 0 saturated heterocycles. The van der Waals surface area contributed by atoms with Gasteiger partial charge in [-0.1, -0.05) is 44.5 Å². The molecule has 0 bridgehead atoms. The third-order valence-electron chi connectivity index (χ3n) is 1.27. The topological polar surface area (TPSA) is 139 Å². The van der Waals surface area contributed by atoms with E-state index in [1.807, 2.05) is 18.2 Å². The van der Waals surface area contributed by atoms with Crippen LogP contribution in [0, 0.1) is 6.92 Å². The van der Waals surface area contributed by atoms with Crippen molar-refractivity contribution >= 4 is 24.3 Å².